The fourth-order valence-electron chi connectivity index (χ4n) is 1.48. The second-order valence-electron chi connectivity index (χ2n) is 4.79. The molecular formula is C11H15ClN2O6S. The first-order valence-electron chi connectivity index (χ1n) is 5.76. The average molecular weight is 339 g/mol. The van der Waals surface area contributed by atoms with Crippen molar-refractivity contribution in [3.05, 3.63) is 32.8 Å². The zero-order valence-corrected chi connectivity index (χ0v) is 12.9. The van der Waals surface area contributed by atoms with E-state index in [1.165, 1.54) is 13.8 Å². The lowest BCUT2D eigenvalue weighted by Crippen LogP contribution is -2.51. The third-order valence-electron chi connectivity index (χ3n) is 2.88. The molecular weight excluding hydrogens is 324 g/mol. The number of nitro groups is 1. The van der Waals surface area contributed by atoms with Crippen LogP contribution in [0.25, 0.3) is 0 Å². The Kier molecular flexibility index (Phi) is 5.29. The third-order valence-corrected chi connectivity index (χ3v) is 4.89. The van der Waals surface area contributed by atoms with Gasteiger partial charge in [-0.2, -0.15) is 0 Å². The van der Waals surface area contributed by atoms with Gasteiger partial charge in [0.15, 0.2) is 0 Å². The first kappa shape index (κ1) is 17.8. The minimum atomic E-state index is -4.20. The highest BCUT2D eigenvalue weighted by Gasteiger charge is 2.31. The average Bonchev–Trinajstić information content (AvgIpc) is 2.40. The van der Waals surface area contributed by atoms with Gasteiger partial charge in [0.25, 0.3) is 5.69 Å². The number of sulfonamides is 1. The lowest BCUT2D eigenvalue weighted by molar-refractivity contribution is -0.385. The largest absolute Gasteiger partial charge is 0.394 e. The van der Waals surface area contributed by atoms with Crippen LogP contribution in [0, 0.1) is 17.0 Å². The molecule has 0 saturated heterocycles. The number of benzene rings is 1. The number of rotatable bonds is 6. The molecule has 10 heteroatoms. The van der Waals surface area contributed by atoms with E-state index < -0.39 is 44.3 Å². The van der Waals surface area contributed by atoms with Crippen molar-refractivity contribution in [2.24, 2.45) is 0 Å². The summed E-state index contributed by atoms with van der Waals surface area (Å²) in [5.41, 5.74) is -1.78. The molecule has 0 spiro atoms. The van der Waals surface area contributed by atoms with Crippen molar-refractivity contribution in [1.82, 2.24) is 4.72 Å². The molecule has 0 aliphatic carbocycles. The van der Waals surface area contributed by atoms with Crippen LogP contribution < -0.4 is 4.72 Å². The molecule has 1 aromatic carbocycles. The van der Waals surface area contributed by atoms with Gasteiger partial charge in [-0.15, -0.1) is 0 Å². The Morgan fingerprint density at radius 3 is 2.33 bits per heavy atom. The van der Waals surface area contributed by atoms with Gasteiger partial charge in [0.1, 0.15) is 0 Å². The van der Waals surface area contributed by atoms with Gasteiger partial charge in [-0.25, -0.2) is 13.1 Å². The second kappa shape index (κ2) is 6.24. The first-order valence-corrected chi connectivity index (χ1v) is 7.62. The van der Waals surface area contributed by atoms with Crippen molar-refractivity contribution < 1.29 is 23.6 Å². The summed E-state index contributed by atoms with van der Waals surface area (Å²) in [6.45, 7) is 1.39. The Morgan fingerprint density at radius 2 is 1.90 bits per heavy atom. The highest BCUT2D eigenvalue weighted by Crippen LogP contribution is 2.29. The lowest BCUT2D eigenvalue weighted by atomic mass is 10.1. The van der Waals surface area contributed by atoms with Gasteiger partial charge in [0.05, 0.1) is 33.6 Å². The predicted octanol–water partition coefficient (Wildman–Crippen LogP) is 0.578. The summed E-state index contributed by atoms with van der Waals surface area (Å²) in [7, 11) is -4.20. The summed E-state index contributed by atoms with van der Waals surface area (Å²) in [5.74, 6) is 0. The Morgan fingerprint density at radius 1 is 1.38 bits per heavy atom. The van der Waals surface area contributed by atoms with Gasteiger partial charge < -0.3 is 10.2 Å². The molecule has 0 saturated carbocycles. The van der Waals surface area contributed by atoms with E-state index in [1.54, 1.807) is 0 Å². The topological polar surface area (TPSA) is 130 Å². The summed E-state index contributed by atoms with van der Waals surface area (Å²) >= 11 is 5.81. The van der Waals surface area contributed by atoms with Crippen LogP contribution in [0.1, 0.15) is 12.5 Å². The molecule has 0 bridgehead atoms. The molecule has 0 fully saturated rings. The number of aliphatic hydroxyl groups excluding tert-OH is 2. The highest BCUT2D eigenvalue weighted by molar-refractivity contribution is 7.89. The van der Waals surface area contributed by atoms with Crippen molar-refractivity contribution in [1.29, 1.82) is 0 Å². The van der Waals surface area contributed by atoms with E-state index in [9.17, 15) is 18.5 Å². The molecule has 0 aromatic heterocycles. The lowest BCUT2D eigenvalue weighted by Gasteiger charge is -2.25. The van der Waals surface area contributed by atoms with E-state index in [4.69, 9.17) is 21.8 Å². The minimum absolute atomic E-state index is 0.0701. The molecule has 0 atom stereocenters. The Bertz CT molecular complexity index is 657. The molecule has 118 valence electrons. The maximum Gasteiger partial charge on any atom is 0.275 e. The van der Waals surface area contributed by atoms with Crippen LogP contribution in [-0.2, 0) is 10.0 Å². The number of hydrogen-bond acceptors (Lipinski definition) is 6. The Balaban J connectivity index is 3.36. The highest BCUT2D eigenvalue weighted by atomic mass is 35.5. The van der Waals surface area contributed by atoms with E-state index in [0.29, 0.717) is 0 Å². The Labute approximate surface area is 126 Å². The SMILES string of the molecule is Cc1c(Cl)cc(S(=O)(=O)NC(C)(CO)CO)cc1[N+](=O)[O-]. The molecule has 0 radical (unpaired) electrons. The molecule has 0 amide bonds. The molecule has 1 rings (SSSR count). The van der Waals surface area contributed by atoms with E-state index >= 15 is 0 Å². The predicted molar refractivity (Wildman–Crippen MR) is 75.7 cm³/mol. The fraction of sp³-hybridized carbons (Fsp3) is 0.455. The van der Waals surface area contributed by atoms with Crippen LogP contribution in [0.2, 0.25) is 5.02 Å². The summed E-state index contributed by atoms with van der Waals surface area (Å²) < 4.78 is 26.5. The molecule has 0 aliphatic heterocycles. The second-order valence-corrected chi connectivity index (χ2v) is 6.88. The molecule has 8 nitrogen and oxygen atoms in total. The normalized spacial score (nSPS) is 12.4. The number of aliphatic hydroxyl groups is 2. The van der Waals surface area contributed by atoms with Crippen LogP contribution in [0.3, 0.4) is 0 Å². The summed E-state index contributed by atoms with van der Waals surface area (Å²) in [6.07, 6.45) is 0. The van der Waals surface area contributed by atoms with E-state index in [-0.39, 0.29) is 10.6 Å². The van der Waals surface area contributed by atoms with Crippen LogP contribution in [0.4, 0.5) is 5.69 Å². The van der Waals surface area contributed by atoms with E-state index in [1.807, 2.05) is 0 Å². The zero-order valence-electron chi connectivity index (χ0n) is 11.3. The summed E-state index contributed by atoms with van der Waals surface area (Å²) in [5, 5.41) is 29.1. The van der Waals surface area contributed by atoms with Crippen LogP contribution in [-0.4, -0.2) is 42.3 Å². The molecule has 0 heterocycles. The van der Waals surface area contributed by atoms with Crippen LogP contribution in [0.5, 0.6) is 0 Å². The fourth-order valence-corrected chi connectivity index (χ4v) is 3.20. The standard InChI is InChI=1S/C11H15ClN2O6S/c1-7-9(12)3-8(4-10(7)14(17)18)21(19,20)13-11(2,5-15)6-16/h3-4,13,15-16H,5-6H2,1-2H3. The van der Waals surface area contributed by atoms with Crippen LogP contribution >= 0.6 is 11.6 Å². The van der Waals surface area contributed by atoms with Gasteiger partial charge in [-0.1, -0.05) is 11.6 Å². The number of nitrogens with one attached hydrogen (secondary N) is 1. The van der Waals surface area contributed by atoms with E-state index in [2.05, 4.69) is 4.72 Å². The molecule has 3 N–H and O–H groups in total. The number of nitrogens with zero attached hydrogens (tertiary/aromatic N) is 1. The number of halogens is 1. The van der Waals surface area contributed by atoms with Crippen molar-refractivity contribution in [2.75, 3.05) is 13.2 Å². The maximum atomic E-state index is 12.2. The summed E-state index contributed by atoms with van der Waals surface area (Å²) in [6, 6.07) is 1.94. The molecule has 0 unspecified atom stereocenters. The van der Waals surface area contributed by atoms with Crippen LogP contribution in [0.15, 0.2) is 17.0 Å². The quantitative estimate of drug-likeness (QED) is 0.513. The number of nitro benzene ring substituents is 1. The Hall–Kier alpha value is -1.26. The van der Waals surface area contributed by atoms with Crippen molar-refractivity contribution in [3.8, 4) is 0 Å². The van der Waals surface area contributed by atoms with Gasteiger partial charge in [-0.05, 0) is 19.9 Å². The van der Waals surface area contributed by atoms with Crippen molar-refractivity contribution in [3.63, 3.8) is 0 Å². The molecule has 1 aromatic rings. The maximum absolute atomic E-state index is 12.2. The number of hydrogen-bond donors (Lipinski definition) is 3. The molecule has 21 heavy (non-hydrogen) atoms. The summed E-state index contributed by atoms with van der Waals surface area (Å²) in [4.78, 5) is 9.75. The van der Waals surface area contributed by atoms with Gasteiger partial charge >= 0.3 is 0 Å². The monoisotopic (exact) mass is 338 g/mol. The van der Waals surface area contributed by atoms with Gasteiger partial charge in [0, 0.05) is 11.6 Å². The van der Waals surface area contributed by atoms with E-state index in [0.717, 1.165) is 12.1 Å². The van der Waals surface area contributed by atoms with Gasteiger partial charge in [-0.3, -0.25) is 10.1 Å². The third kappa shape index (κ3) is 3.89. The first-order chi connectivity index (χ1) is 9.56. The minimum Gasteiger partial charge on any atom is -0.394 e. The zero-order chi connectivity index (χ0) is 16.4. The van der Waals surface area contributed by atoms with Crippen molar-refractivity contribution >= 4 is 27.3 Å². The van der Waals surface area contributed by atoms with Gasteiger partial charge in [0.2, 0.25) is 10.0 Å². The molecule has 0 aliphatic rings. The smallest absolute Gasteiger partial charge is 0.275 e. The van der Waals surface area contributed by atoms with Crippen molar-refractivity contribution in [2.45, 2.75) is 24.3 Å².